The Morgan fingerprint density at radius 2 is 1.96 bits per heavy atom. The van der Waals surface area contributed by atoms with Gasteiger partial charge in [0.05, 0.1) is 11.0 Å². The van der Waals surface area contributed by atoms with E-state index in [1.165, 1.54) is 11.1 Å². The fraction of sp³-hybridized carbons (Fsp3) is 0.278. The summed E-state index contributed by atoms with van der Waals surface area (Å²) < 4.78 is 2.22. The molecule has 0 fully saturated rings. The Hall–Kier alpha value is -2.78. The molecule has 3 rings (SSSR count). The van der Waals surface area contributed by atoms with Crippen LogP contribution in [0.1, 0.15) is 23.9 Å². The number of nitrogens with zero attached hydrogens (tertiary/aromatic N) is 5. The number of hydrogen-bond donors (Lipinski definition) is 0. The molecule has 116 valence electrons. The summed E-state index contributed by atoms with van der Waals surface area (Å²) in [5.74, 6) is 1.07. The molecule has 3 aromatic rings. The van der Waals surface area contributed by atoms with Gasteiger partial charge in [0, 0.05) is 23.6 Å². The molecule has 0 radical (unpaired) electrons. The summed E-state index contributed by atoms with van der Waals surface area (Å²) in [6.07, 6.45) is 1.64. The van der Waals surface area contributed by atoms with Gasteiger partial charge in [0.1, 0.15) is 5.82 Å². The highest BCUT2D eigenvalue weighted by atomic mass is 15.1. The molecule has 5 heteroatoms. The van der Waals surface area contributed by atoms with Gasteiger partial charge in [-0.2, -0.15) is 0 Å². The topological polar surface area (TPSA) is 66.6 Å². The third-order valence-corrected chi connectivity index (χ3v) is 4.03. The van der Waals surface area contributed by atoms with Crippen molar-refractivity contribution in [1.82, 2.24) is 9.55 Å². The SMILES string of the molecule is CCc1nc2c(C)cccc2n1-c1ccc(CCN=[N+]=[N-])cc1. The van der Waals surface area contributed by atoms with Crippen LogP contribution >= 0.6 is 0 Å². The molecule has 0 aliphatic rings. The quantitative estimate of drug-likeness (QED) is 0.381. The first kappa shape index (κ1) is 15.1. The summed E-state index contributed by atoms with van der Waals surface area (Å²) in [5, 5.41) is 3.58. The number of aryl methyl sites for hydroxylation is 2. The van der Waals surface area contributed by atoms with Crippen molar-refractivity contribution in [3.8, 4) is 5.69 Å². The first-order valence-corrected chi connectivity index (χ1v) is 7.81. The lowest BCUT2D eigenvalue weighted by molar-refractivity contribution is 0.904. The van der Waals surface area contributed by atoms with Crippen LogP contribution < -0.4 is 0 Å². The van der Waals surface area contributed by atoms with Crippen LogP contribution in [0.25, 0.3) is 27.2 Å². The molecule has 2 aromatic carbocycles. The van der Waals surface area contributed by atoms with Crippen molar-refractivity contribution in [2.75, 3.05) is 6.54 Å². The van der Waals surface area contributed by atoms with E-state index in [1.54, 1.807) is 0 Å². The molecule has 1 aromatic heterocycles. The predicted octanol–water partition coefficient (Wildman–Crippen LogP) is 4.75. The monoisotopic (exact) mass is 305 g/mol. The number of para-hydroxylation sites is 1. The Morgan fingerprint density at radius 1 is 1.17 bits per heavy atom. The van der Waals surface area contributed by atoms with Gasteiger partial charge < -0.3 is 0 Å². The zero-order valence-corrected chi connectivity index (χ0v) is 13.4. The van der Waals surface area contributed by atoms with Crippen molar-refractivity contribution in [3.63, 3.8) is 0 Å². The van der Waals surface area contributed by atoms with Crippen molar-refractivity contribution >= 4 is 11.0 Å². The summed E-state index contributed by atoms with van der Waals surface area (Å²) in [7, 11) is 0. The van der Waals surface area contributed by atoms with E-state index in [0.29, 0.717) is 6.54 Å². The van der Waals surface area contributed by atoms with Crippen LogP contribution in [0.5, 0.6) is 0 Å². The van der Waals surface area contributed by atoms with Crippen LogP contribution in [0.4, 0.5) is 0 Å². The highest BCUT2D eigenvalue weighted by molar-refractivity contribution is 5.81. The van der Waals surface area contributed by atoms with Crippen molar-refractivity contribution in [1.29, 1.82) is 0 Å². The molecular weight excluding hydrogens is 286 g/mol. The van der Waals surface area contributed by atoms with Gasteiger partial charge in [-0.1, -0.05) is 36.3 Å². The van der Waals surface area contributed by atoms with Crippen LogP contribution in [0.15, 0.2) is 47.6 Å². The summed E-state index contributed by atoms with van der Waals surface area (Å²) >= 11 is 0. The summed E-state index contributed by atoms with van der Waals surface area (Å²) in [5.41, 5.74) is 14.0. The second kappa shape index (κ2) is 6.55. The zero-order chi connectivity index (χ0) is 16.2. The standard InChI is InChI=1S/C18H19N5/c1-3-17-21-18-13(2)5-4-6-16(18)23(17)15-9-7-14(8-10-15)11-12-20-22-19/h4-10H,3,11-12H2,1-2H3. The third kappa shape index (κ3) is 2.91. The highest BCUT2D eigenvalue weighted by Gasteiger charge is 2.12. The minimum atomic E-state index is 0.489. The fourth-order valence-electron chi connectivity index (χ4n) is 2.85. The summed E-state index contributed by atoms with van der Waals surface area (Å²) in [6, 6.07) is 14.7. The van der Waals surface area contributed by atoms with Gasteiger partial charge in [-0.05, 0) is 48.2 Å². The third-order valence-electron chi connectivity index (χ3n) is 4.03. The number of fused-ring (bicyclic) bond motifs is 1. The van der Waals surface area contributed by atoms with E-state index in [2.05, 4.69) is 70.9 Å². The second-order valence-corrected chi connectivity index (χ2v) is 5.53. The minimum Gasteiger partial charge on any atom is -0.296 e. The predicted molar refractivity (Wildman–Crippen MR) is 92.9 cm³/mol. The number of imidazole rings is 1. The lowest BCUT2D eigenvalue weighted by Gasteiger charge is -2.09. The number of aromatic nitrogens is 2. The number of rotatable bonds is 5. The van der Waals surface area contributed by atoms with Crippen molar-refractivity contribution in [3.05, 3.63) is 69.9 Å². The number of hydrogen-bond acceptors (Lipinski definition) is 2. The molecule has 0 bridgehead atoms. The first-order valence-electron chi connectivity index (χ1n) is 7.81. The lowest BCUT2D eigenvalue weighted by atomic mass is 10.1. The van der Waals surface area contributed by atoms with E-state index in [4.69, 9.17) is 10.5 Å². The van der Waals surface area contributed by atoms with Gasteiger partial charge in [0.2, 0.25) is 0 Å². The Balaban J connectivity index is 2.02. The van der Waals surface area contributed by atoms with E-state index in [9.17, 15) is 0 Å². The zero-order valence-electron chi connectivity index (χ0n) is 13.4. The van der Waals surface area contributed by atoms with Crippen molar-refractivity contribution in [2.24, 2.45) is 5.11 Å². The molecule has 0 atom stereocenters. The van der Waals surface area contributed by atoms with Crippen LogP contribution in [-0.2, 0) is 12.8 Å². The molecule has 0 amide bonds. The summed E-state index contributed by atoms with van der Waals surface area (Å²) in [6.45, 7) is 4.71. The molecule has 23 heavy (non-hydrogen) atoms. The molecule has 0 spiro atoms. The maximum atomic E-state index is 8.34. The molecular formula is C18H19N5. The van der Waals surface area contributed by atoms with Gasteiger partial charge in [0.25, 0.3) is 0 Å². The maximum Gasteiger partial charge on any atom is 0.114 e. The van der Waals surface area contributed by atoms with Crippen LogP contribution in [-0.4, -0.2) is 16.1 Å². The molecule has 0 unspecified atom stereocenters. The molecule has 5 nitrogen and oxygen atoms in total. The van der Waals surface area contributed by atoms with Gasteiger partial charge in [0.15, 0.2) is 0 Å². The smallest absolute Gasteiger partial charge is 0.114 e. The minimum absolute atomic E-state index is 0.489. The molecule has 0 aliphatic carbocycles. The molecule has 1 heterocycles. The Bertz CT molecular complexity index is 870. The molecule has 0 aliphatic heterocycles. The number of azide groups is 1. The Morgan fingerprint density at radius 3 is 2.65 bits per heavy atom. The molecule has 0 saturated heterocycles. The highest BCUT2D eigenvalue weighted by Crippen LogP contribution is 2.24. The number of benzene rings is 2. The molecule has 0 saturated carbocycles. The lowest BCUT2D eigenvalue weighted by Crippen LogP contribution is -2.00. The van der Waals surface area contributed by atoms with Crippen molar-refractivity contribution in [2.45, 2.75) is 26.7 Å². The van der Waals surface area contributed by atoms with Gasteiger partial charge >= 0.3 is 0 Å². The van der Waals surface area contributed by atoms with E-state index in [0.717, 1.165) is 35.4 Å². The van der Waals surface area contributed by atoms with Crippen LogP contribution in [0, 0.1) is 6.92 Å². The average molecular weight is 305 g/mol. The van der Waals surface area contributed by atoms with Gasteiger partial charge in [-0.25, -0.2) is 4.98 Å². The second-order valence-electron chi connectivity index (χ2n) is 5.53. The Labute approximate surface area is 135 Å². The normalized spacial score (nSPS) is 10.7. The van der Waals surface area contributed by atoms with E-state index >= 15 is 0 Å². The van der Waals surface area contributed by atoms with Gasteiger partial charge in [-0.3, -0.25) is 4.57 Å². The first-order chi connectivity index (χ1) is 11.2. The summed E-state index contributed by atoms with van der Waals surface area (Å²) in [4.78, 5) is 7.58. The van der Waals surface area contributed by atoms with E-state index in [-0.39, 0.29) is 0 Å². The van der Waals surface area contributed by atoms with E-state index < -0.39 is 0 Å². The van der Waals surface area contributed by atoms with E-state index in [1.807, 2.05) is 0 Å². The average Bonchev–Trinajstić information content (AvgIpc) is 2.96. The fourth-order valence-corrected chi connectivity index (χ4v) is 2.85. The molecule has 0 N–H and O–H groups in total. The van der Waals surface area contributed by atoms with Crippen LogP contribution in [0.3, 0.4) is 0 Å². The Kier molecular flexibility index (Phi) is 4.31. The van der Waals surface area contributed by atoms with Crippen LogP contribution in [0.2, 0.25) is 0 Å². The maximum absolute atomic E-state index is 8.34. The van der Waals surface area contributed by atoms with Gasteiger partial charge in [-0.15, -0.1) is 0 Å². The largest absolute Gasteiger partial charge is 0.296 e. The van der Waals surface area contributed by atoms with Crippen molar-refractivity contribution < 1.29 is 0 Å².